The molecule has 2 heterocycles. The second kappa shape index (κ2) is 8.35. The van der Waals surface area contributed by atoms with Gasteiger partial charge in [0.15, 0.2) is 5.78 Å². The van der Waals surface area contributed by atoms with Gasteiger partial charge in [-0.25, -0.2) is 0 Å². The molecule has 3 rings (SSSR count). The first-order chi connectivity index (χ1) is 13.6. The molecule has 2 bridgehead atoms. The summed E-state index contributed by atoms with van der Waals surface area (Å²) in [5.74, 6) is 0.380. The number of ether oxygens (including phenoxy) is 2. The Hall–Kier alpha value is -1.46. The number of aliphatic hydroxyl groups excluding tert-OH is 1. The molecule has 29 heavy (non-hydrogen) atoms. The Morgan fingerprint density at radius 1 is 1.34 bits per heavy atom. The minimum atomic E-state index is -1.06. The lowest BCUT2D eigenvalue weighted by Crippen LogP contribution is -2.51. The number of fused-ring (bicyclic) bond motifs is 5. The molecule has 0 spiro atoms. The van der Waals surface area contributed by atoms with Crippen molar-refractivity contribution in [3.63, 3.8) is 0 Å². The Morgan fingerprint density at radius 3 is 2.66 bits per heavy atom. The summed E-state index contributed by atoms with van der Waals surface area (Å²) in [7, 11) is 0. The monoisotopic (exact) mass is 404 g/mol. The number of esters is 1. The molecular formula is C24H36O5. The zero-order valence-corrected chi connectivity index (χ0v) is 18.3. The number of rotatable bonds is 4. The van der Waals surface area contributed by atoms with Crippen LogP contribution >= 0.6 is 0 Å². The quantitative estimate of drug-likeness (QED) is 0.436. The fourth-order valence-electron chi connectivity index (χ4n) is 5.71. The van der Waals surface area contributed by atoms with E-state index in [9.17, 15) is 14.7 Å². The smallest absolute Gasteiger partial charge is 0.306 e. The fourth-order valence-corrected chi connectivity index (χ4v) is 5.71. The molecule has 2 aliphatic heterocycles. The number of aliphatic hydroxyl groups is 1. The Morgan fingerprint density at radius 2 is 2.03 bits per heavy atom. The van der Waals surface area contributed by atoms with E-state index in [0.29, 0.717) is 31.1 Å². The number of carbonyl (C=O) groups excluding carboxylic acids is 2. The van der Waals surface area contributed by atoms with Gasteiger partial charge in [0, 0.05) is 30.3 Å². The van der Waals surface area contributed by atoms with Crippen LogP contribution in [0.25, 0.3) is 0 Å². The molecule has 0 radical (unpaired) electrons. The second-order valence-electron chi connectivity index (χ2n) is 9.66. The Bertz CT molecular complexity index is 695. The summed E-state index contributed by atoms with van der Waals surface area (Å²) in [5, 5.41) is 11.0. The van der Waals surface area contributed by atoms with Crippen LogP contribution < -0.4 is 0 Å². The largest absolute Gasteiger partial charge is 0.457 e. The normalized spacial score (nSPS) is 40.3. The molecule has 7 atom stereocenters. The lowest BCUT2D eigenvalue weighted by molar-refractivity contribution is -0.183. The van der Waals surface area contributed by atoms with E-state index in [-0.39, 0.29) is 41.7 Å². The molecule has 1 aliphatic carbocycles. The predicted molar refractivity (Wildman–Crippen MR) is 111 cm³/mol. The van der Waals surface area contributed by atoms with Gasteiger partial charge in [0.25, 0.3) is 0 Å². The molecule has 0 unspecified atom stereocenters. The van der Waals surface area contributed by atoms with Crippen molar-refractivity contribution in [1.82, 2.24) is 0 Å². The van der Waals surface area contributed by atoms with E-state index in [0.717, 1.165) is 18.4 Å². The Balaban J connectivity index is 2.08. The molecule has 1 saturated carbocycles. The summed E-state index contributed by atoms with van der Waals surface area (Å²) in [6, 6.07) is 0. The summed E-state index contributed by atoms with van der Waals surface area (Å²) in [6.07, 6.45) is 1.48. The highest BCUT2D eigenvalue weighted by atomic mass is 16.6. The van der Waals surface area contributed by atoms with Crippen molar-refractivity contribution in [2.45, 2.75) is 90.1 Å². The van der Waals surface area contributed by atoms with E-state index >= 15 is 0 Å². The average molecular weight is 405 g/mol. The van der Waals surface area contributed by atoms with Crippen molar-refractivity contribution in [1.29, 1.82) is 0 Å². The predicted octanol–water partition coefficient (Wildman–Crippen LogP) is 3.99. The van der Waals surface area contributed by atoms with Crippen molar-refractivity contribution < 1.29 is 24.2 Å². The molecule has 0 amide bonds. The van der Waals surface area contributed by atoms with Crippen molar-refractivity contribution in [3.05, 3.63) is 24.3 Å². The first kappa shape index (κ1) is 22.2. The van der Waals surface area contributed by atoms with Crippen LogP contribution in [-0.2, 0) is 19.1 Å². The molecule has 0 aromatic carbocycles. The lowest BCUT2D eigenvalue weighted by Gasteiger charge is -2.45. The van der Waals surface area contributed by atoms with Crippen molar-refractivity contribution >= 4 is 11.8 Å². The molecule has 3 aliphatic rings. The van der Waals surface area contributed by atoms with Gasteiger partial charge in [-0.3, -0.25) is 9.59 Å². The molecule has 5 nitrogen and oxygen atoms in total. The number of Topliss-reactive ketones (excluding diaryl/α,β-unsaturated/α-hetero) is 1. The highest BCUT2D eigenvalue weighted by Gasteiger charge is 2.60. The molecular weight excluding hydrogens is 368 g/mol. The third kappa shape index (κ3) is 3.96. The summed E-state index contributed by atoms with van der Waals surface area (Å²) in [6.45, 7) is 16.4. The number of ketones is 1. The van der Waals surface area contributed by atoms with Crippen LogP contribution in [0.2, 0.25) is 0 Å². The fraction of sp³-hybridized carbons (Fsp3) is 0.750. The van der Waals surface area contributed by atoms with Gasteiger partial charge in [-0.2, -0.15) is 0 Å². The number of hydrogen-bond acceptors (Lipinski definition) is 5. The van der Waals surface area contributed by atoms with E-state index in [1.165, 1.54) is 0 Å². The molecule has 0 aromatic rings. The zero-order valence-electron chi connectivity index (χ0n) is 18.3. The minimum absolute atomic E-state index is 0.0667. The minimum Gasteiger partial charge on any atom is -0.457 e. The zero-order chi connectivity index (χ0) is 21.5. The van der Waals surface area contributed by atoms with Gasteiger partial charge >= 0.3 is 5.97 Å². The van der Waals surface area contributed by atoms with E-state index in [4.69, 9.17) is 9.47 Å². The van der Waals surface area contributed by atoms with Gasteiger partial charge in [0.2, 0.25) is 0 Å². The molecule has 162 valence electrons. The van der Waals surface area contributed by atoms with Crippen LogP contribution in [0, 0.1) is 23.7 Å². The van der Waals surface area contributed by atoms with E-state index in [1.54, 1.807) is 0 Å². The van der Waals surface area contributed by atoms with Crippen LogP contribution in [-0.4, -0.2) is 40.8 Å². The first-order valence-corrected chi connectivity index (χ1v) is 11.1. The topological polar surface area (TPSA) is 72.8 Å². The van der Waals surface area contributed by atoms with Crippen molar-refractivity contribution in [3.8, 4) is 0 Å². The van der Waals surface area contributed by atoms with Crippen molar-refractivity contribution in [2.75, 3.05) is 0 Å². The van der Waals surface area contributed by atoms with Crippen LogP contribution in [0.5, 0.6) is 0 Å². The average Bonchev–Trinajstić information content (AvgIpc) is 3.07. The van der Waals surface area contributed by atoms with Gasteiger partial charge in [0.1, 0.15) is 17.8 Å². The highest BCUT2D eigenvalue weighted by molar-refractivity contribution is 5.95. The first-order valence-electron chi connectivity index (χ1n) is 11.1. The number of hydrogen-bond donors (Lipinski definition) is 1. The maximum Gasteiger partial charge on any atom is 0.306 e. The van der Waals surface area contributed by atoms with Crippen LogP contribution in [0.15, 0.2) is 24.3 Å². The van der Waals surface area contributed by atoms with Gasteiger partial charge in [-0.1, -0.05) is 39.5 Å². The number of carbonyl (C=O) groups is 2. The second-order valence-corrected chi connectivity index (χ2v) is 9.66. The molecule has 2 saturated heterocycles. The summed E-state index contributed by atoms with van der Waals surface area (Å²) >= 11 is 0. The van der Waals surface area contributed by atoms with E-state index < -0.39 is 17.8 Å². The third-order valence-electron chi connectivity index (χ3n) is 7.32. The Labute approximate surface area is 174 Å². The summed E-state index contributed by atoms with van der Waals surface area (Å²) in [4.78, 5) is 25.1. The third-order valence-corrected chi connectivity index (χ3v) is 7.32. The van der Waals surface area contributed by atoms with E-state index in [2.05, 4.69) is 27.0 Å². The van der Waals surface area contributed by atoms with Gasteiger partial charge in [-0.05, 0) is 44.4 Å². The molecule has 0 aromatic heterocycles. The van der Waals surface area contributed by atoms with Crippen LogP contribution in [0.1, 0.15) is 66.2 Å². The van der Waals surface area contributed by atoms with Gasteiger partial charge in [0.05, 0.1) is 6.10 Å². The maximum atomic E-state index is 12.6. The molecule has 1 N–H and O–H groups in total. The Kier molecular flexibility index (Phi) is 6.40. The van der Waals surface area contributed by atoms with Gasteiger partial charge in [-0.15, -0.1) is 0 Å². The van der Waals surface area contributed by atoms with E-state index in [1.807, 2.05) is 13.8 Å². The standard InChI is InChI=1S/C24H36O5/c1-7-8-18(26)29-24(6)12-11-17(25)15(5)21(27)22-19-14(4)9-10-16(13(2)3)20(19)23(24)28-22/h13,16,19-23,27H,4-5,7-12H2,1-3,6H3/t16-,19+,20-,21-,22+,23-,24-/m1/s1. The molecule has 3 fully saturated rings. The summed E-state index contributed by atoms with van der Waals surface area (Å²) < 4.78 is 12.5. The van der Waals surface area contributed by atoms with Crippen molar-refractivity contribution in [2.24, 2.45) is 23.7 Å². The van der Waals surface area contributed by atoms with Crippen LogP contribution in [0.4, 0.5) is 0 Å². The van der Waals surface area contributed by atoms with Crippen LogP contribution in [0.3, 0.4) is 0 Å². The lowest BCUT2D eigenvalue weighted by atomic mass is 9.61. The SMILES string of the molecule is C=C1CC[C@H](C(C)C)[C@@H]2[C@H]1[C@@H]1O[C@H]2[C@](C)(OC(=O)CCC)CCC(=O)C(=C)[C@H]1O. The maximum absolute atomic E-state index is 12.6. The van der Waals surface area contributed by atoms with Gasteiger partial charge < -0.3 is 14.6 Å². The summed E-state index contributed by atoms with van der Waals surface area (Å²) in [5.41, 5.74) is 0.328. The molecule has 5 heteroatoms. The highest BCUT2D eigenvalue weighted by Crippen LogP contribution is 2.55.